The van der Waals surface area contributed by atoms with Gasteiger partial charge in [-0.2, -0.15) is 0 Å². The summed E-state index contributed by atoms with van der Waals surface area (Å²) >= 11 is 0. The van der Waals surface area contributed by atoms with Crippen LogP contribution in [0.3, 0.4) is 0 Å². The number of rotatable bonds is 9. The molecule has 0 saturated carbocycles. The van der Waals surface area contributed by atoms with E-state index < -0.39 is 10.0 Å². The molecule has 3 N–H and O–H groups in total. The second-order valence-electron chi connectivity index (χ2n) is 4.92. The third-order valence-electron chi connectivity index (χ3n) is 3.65. The first-order chi connectivity index (χ1) is 9.98. The number of benzene rings is 1. The summed E-state index contributed by atoms with van der Waals surface area (Å²) in [4.78, 5) is 2.53. The largest absolute Gasteiger partial charge is 0.326 e. The molecule has 5 nitrogen and oxygen atoms in total. The van der Waals surface area contributed by atoms with Crippen molar-refractivity contribution in [1.29, 1.82) is 0 Å². The van der Waals surface area contributed by atoms with Gasteiger partial charge in [0.15, 0.2) is 0 Å². The van der Waals surface area contributed by atoms with Crippen LogP contribution >= 0.6 is 0 Å². The summed E-state index contributed by atoms with van der Waals surface area (Å²) in [6, 6.07) is 5.41. The maximum absolute atomic E-state index is 12.5. The summed E-state index contributed by atoms with van der Waals surface area (Å²) in [5, 5.41) is 0. The number of hydrogen-bond donors (Lipinski definition) is 2. The van der Waals surface area contributed by atoms with E-state index in [4.69, 9.17) is 5.73 Å². The SMILES string of the molecule is CCc1ccc(CN)cc1S(=O)(=O)NCCN(CC)CC. The van der Waals surface area contributed by atoms with Gasteiger partial charge in [-0.1, -0.05) is 32.9 Å². The van der Waals surface area contributed by atoms with Crippen molar-refractivity contribution in [2.45, 2.75) is 38.6 Å². The zero-order valence-corrected chi connectivity index (χ0v) is 14.0. The Balaban J connectivity index is 2.86. The van der Waals surface area contributed by atoms with Crippen molar-refractivity contribution < 1.29 is 8.42 Å². The molecule has 0 fully saturated rings. The van der Waals surface area contributed by atoms with E-state index in [9.17, 15) is 8.42 Å². The summed E-state index contributed by atoms with van der Waals surface area (Å²) in [5.74, 6) is 0. The molecule has 21 heavy (non-hydrogen) atoms. The van der Waals surface area contributed by atoms with Crippen LogP contribution < -0.4 is 10.5 Å². The molecule has 0 aliphatic carbocycles. The van der Waals surface area contributed by atoms with Crippen molar-refractivity contribution >= 4 is 10.0 Å². The molecule has 0 saturated heterocycles. The number of nitrogens with zero attached hydrogens (tertiary/aromatic N) is 1. The number of aryl methyl sites for hydroxylation is 1. The Labute approximate surface area is 128 Å². The van der Waals surface area contributed by atoms with Gasteiger partial charge in [-0.25, -0.2) is 13.1 Å². The highest BCUT2D eigenvalue weighted by molar-refractivity contribution is 7.89. The highest BCUT2D eigenvalue weighted by Crippen LogP contribution is 2.18. The maximum atomic E-state index is 12.5. The molecular weight excluding hydrogens is 286 g/mol. The van der Waals surface area contributed by atoms with E-state index in [1.54, 1.807) is 6.07 Å². The second-order valence-corrected chi connectivity index (χ2v) is 6.66. The average molecular weight is 313 g/mol. The number of nitrogens with two attached hydrogens (primary N) is 1. The van der Waals surface area contributed by atoms with Gasteiger partial charge < -0.3 is 10.6 Å². The Morgan fingerprint density at radius 2 is 1.86 bits per heavy atom. The number of sulfonamides is 1. The van der Waals surface area contributed by atoms with Crippen molar-refractivity contribution in [3.05, 3.63) is 29.3 Å². The van der Waals surface area contributed by atoms with Crippen LogP contribution in [0.1, 0.15) is 31.9 Å². The minimum atomic E-state index is -3.48. The van der Waals surface area contributed by atoms with Crippen molar-refractivity contribution in [3.8, 4) is 0 Å². The monoisotopic (exact) mass is 313 g/mol. The second kappa shape index (κ2) is 8.48. The minimum Gasteiger partial charge on any atom is -0.326 e. The van der Waals surface area contributed by atoms with Gasteiger partial charge in [-0.05, 0) is 36.7 Å². The van der Waals surface area contributed by atoms with Gasteiger partial charge in [-0.3, -0.25) is 0 Å². The first-order valence-corrected chi connectivity index (χ1v) is 9.00. The van der Waals surface area contributed by atoms with Gasteiger partial charge in [-0.15, -0.1) is 0 Å². The molecule has 6 heteroatoms. The Bertz CT molecular complexity index is 540. The molecule has 0 atom stereocenters. The molecule has 0 bridgehead atoms. The molecule has 0 aliphatic rings. The lowest BCUT2D eigenvalue weighted by Crippen LogP contribution is -2.35. The standard InChI is InChI=1S/C15H27N3O2S/c1-4-14-8-7-13(12-16)11-15(14)21(19,20)17-9-10-18(5-2)6-3/h7-8,11,17H,4-6,9-10,12,16H2,1-3H3. The summed E-state index contributed by atoms with van der Waals surface area (Å²) in [7, 11) is -3.48. The summed E-state index contributed by atoms with van der Waals surface area (Å²) < 4.78 is 27.6. The first-order valence-electron chi connectivity index (χ1n) is 7.52. The van der Waals surface area contributed by atoms with Crippen molar-refractivity contribution in [2.75, 3.05) is 26.2 Å². The van der Waals surface area contributed by atoms with E-state index in [1.165, 1.54) is 0 Å². The van der Waals surface area contributed by atoms with Crippen LogP contribution in [0.5, 0.6) is 0 Å². The predicted molar refractivity (Wildman–Crippen MR) is 86.7 cm³/mol. The molecular formula is C15H27N3O2S. The van der Waals surface area contributed by atoms with Gasteiger partial charge in [0.1, 0.15) is 0 Å². The summed E-state index contributed by atoms with van der Waals surface area (Å²) in [5.41, 5.74) is 7.26. The summed E-state index contributed by atoms with van der Waals surface area (Å²) in [6.07, 6.45) is 0.678. The molecule has 1 rings (SSSR count). The lowest BCUT2D eigenvalue weighted by molar-refractivity contribution is 0.309. The highest BCUT2D eigenvalue weighted by atomic mass is 32.2. The number of hydrogen-bond acceptors (Lipinski definition) is 4. The third kappa shape index (κ3) is 5.07. The number of nitrogens with one attached hydrogen (secondary N) is 1. The van der Waals surface area contributed by atoms with Gasteiger partial charge in [0.05, 0.1) is 4.90 Å². The smallest absolute Gasteiger partial charge is 0.240 e. The molecule has 1 aromatic carbocycles. The molecule has 0 radical (unpaired) electrons. The summed E-state index contributed by atoms with van der Waals surface area (Å²) in [6.45, 7) is 9.39. The average Bonchev–Trinajstić information content (AvgIpc) is 2.50. The first kappa shape index (κ1) is 18.1. The topological polar surface area (TPSA) is 75.4 Å². The fourth-order valence-corrected chi connectivity index (χ4v) is 3.60. The molecule has 120 valence electrons. The fraction of sp³-hybridized carbons (Fsp3) is 0.600. The zero-order valence-electron chi connectivity index (χ0n) is 13.2. The lowest BCUT2D eigenvalue weighted by Gasteiger charge is -2.18. The molecule has 0 aliphatic heterocycles. The lowest BCUT2D eigenvalue weighted by atomic mass is 10.1. The highest BCUT2D eigenvalue weighted by Gasteiger charge is 2.18. The molecule has 1 aromatic rings. The van der Waals surface area contributed by atoms with Crippen molar-refractivity contribution in [2.24, 2.45) is 5.73 Å². The molecule has 0 heterocycles. The predicted octanol–water partition coefficient (Wildman–Crippen LogP) is 1.33. The zero-order chi connectivity index (χ0) is 15.9. The van der Waals surface area contributed by atoms with Gasteiger partial charge in [0.2, 0.25) is 10.0 Å². The molecule has 0 unspecified atom stereocenters. The van der Waals surface area contributed by atoms with Crippen molar-refractivity contribution in [1.82, 2.24) is 9.62 Å². The Morgan fingerprint density at radius 3 is 2.38 bits per heavy atom. The molecule has 0 aromatic heterocycles. The quantitative estimate of drug-likeness (QED) is 0.721. The van der Waals surface area contributed by atoms with Crippen LogP contribution in [-0.4, -0.2) is 39.5 Å². The Kier molecular flexibility index (Phi) is 7.31. The van der Waals surface area contributed by atoms with Crippen LogP contribution in [-0.2, 0) is 23.0 Å². The van der Waals surface area contributed by atoms with Gasteiger partial charge >= 0.3 is 0 Å². The number of likely N-dealkylation sites (N-methyl/N-ethyl adjacent to an activating group) is 1. The third-order valence-corrected chi connectivity index (χ3v) is 5.20. The van der Waals surface area contributed by atoms with E-state index >= 15 is 0 Å². The van der Waals surface area contributed by atoms with E-state index in [-0.39, 0.29) is 0 Å². The van der Waals surface area contributed by atoms with Crippen LogP contribution in [0.2, 0.25) is 0 Å². The van der Waals surface area contributed by atoms with Gasteiger partial charge in [0.25, 0.3) is 0 Å². The van der Waals surface area contributed by atoms with E-state index in [0.29, 0.717) is 31.0 Å². The fourth-order valence-electron chi connectivity index (χ4n) is 2.22. The maximum Gasteiger partial charge on any atom is 0.240 e. The van der Waals surface area contributed by atoms with Gasteiger partial charge in [0, 0.05) is 19.6 Å². The van der Waals surface area contributed by atoms with E-state index in [2.05, 4.69) is 23.5 Å². The van der Waals surface area contributed by atoms with Crippen LogP contribution in [0, 0.1) is 0 Å². The van der Waals surface area contributed by atoms with Crippen LogP contribution in [0.4, 0.5) is 0 Å². The Morgan fingerprint density at radius 1 is 1.19 bits per heavy atom. The van der Waals surface area contributed by atoms with E-state index in [0.717, 1.165) is 24.2 Å². The molecule has 0 spiro atoms. The van der Waals surface area contributed by atoms with Crippen LogP contribution in [0.25, 0.3) is 0 Å². The minimum absolute atomic E-state index is 0.339. The van der Waals surface area contributed by atoms with Crippen molar-refractivity contribution in [3.63, 3.8) is 0 Å². The van der Waals surface area contributed by atoms with E-state index in [1.807, 2.05) is 19.1 Å². The normalized spacial score (nSPS) is 12.0. The molecule has 0 amide bonds. The van der Waals surface area contributed by atoms with Crippen LogP contribution in [0.15, 0.2) is 23.1 Å². The Hall–Kier alpha value is -0.950.